The molecule has 0 radical (unpaired) electrons. The van der Waals surface area contributed by atoms with Crippen molar-refractivity contribution in [2.75, 3.05) is 0 Å². The number of hydrogen-bond acceptors (Lipinski definition) is 1. The summed E-state index contributed by atoms with van der Waals surface area (Å²) in [5, 5.41) is 0. The van der Waals surface area contributed by atoms with Crippen molar-refractivity contribution in [1.29, 1.82) is 0 Å². The maximum Gasteiger partial charge on any atom is 0.172 e. The molecule has 1 nitrogen and oxygen atoms in total. The van der Waals surface area contributed by atoms with Gasteiger partial charge in [0, 0.05) is 4.53 Å². The average Bonchev–Trinajstić information content (AvgIpc) is 2.05. The van der Waals surface area contributed by atoms with Gasteiger partial charge >= 0.3 is 0 Å². The van der Waals surface area contributed by atoms with E-state index in [1.807, 2.05) is 0 Å². The predicted octanol–water partition coefficient (Wildman–Crippen LogP) is 2.65. The normalized spacial score (nSPS) is 9.73. The standard InChI is InChI=1S/C8H8F2O/c1-2-6-5-7(11-10)3-4-8(6)9/h3-5H,2H2,1H3. The molecule has 0 aliphatic carbocycles. The van der Waals surface area contributed by atoms with Gasteiger partial charge in [-0.3, -0.25) is 4.94 Å². The van der Waals surface area contributed by atoms with Crippen molar-refractivity contribution >= 4 is 0 Å². The van der Waals surface area contributed by atoms with Crippen LogP contribution in [-0.2, 0) is 6.42 Å². The van der Waals surface area contributed by atoms with Crippen molar-refractivity contribution in [1.82, 2.24) is 0 Å². The molecule has 0 aliphatic rings. The van der Waals surface area contributed by atoms with E-state index in [0.717, 1.165) is 0 Å². The lowest BCUT2D eigenvalue weighted by atomic mass is 10.1. The number of benzene rings is 1. The second-order valence-electron chi connectivity index (χ2n) is 2.18. The summed E-state index contributed by atoms with van der Waals surface area (Å²) in [6, 6.07) is 3.78. The molecule has 1 aromatic rings. The Morgan fingerprint density at radius 2 is 2.18 bits per heavy atom. The molecule has 0 N–H and O–H groups in total. The van der Waals surface area contributed by atoms with E-state index in [9.17, 15) is 8.92 Å². The van der Waals surface area contributed by atoms with Gasteiger partial charge < -0.3 is 0 Å². The molecule has 60 valence electrons. The summed E-state index contributed by atoms with van der Waals surface area (Å²) in [6.45, 7) is 1.79. The summed E-state index contributed by atoms with van der Waals surface area (Å²) in [4.78, 5) is 3.44. The van der Waals surface area contributed by atoms with Crippen molar-refractivity contribution in [3.8, 4) is 5.75 Å². The third-order valence-electron chi connectivity index (χ3n) is 1.49. The number of rotatable bonds is 2. The van der Waals surface area contributed by atoms with Crippen LogP contribution in [0.3, 0.4) is 0 Å². The van der Waals surface area contributed by atoms with E-state index >= 15 is 0 Å². The molecule has 3 heteroatoms. The molecule has 1 aromatic carbocycles. The van der Waals surface area contributed by atoms with Gasteiger partial charge in [0.05, 0.1) is 0 Å². The first-order valence-corrected chi connectivity index (χ1v) is 3.35. The zero-order chi connectivity index (χ0) is 8.27. The Kier molecular flexibility index (Phi) is 2.41. The number of hydrogen-bond donors (Lipinski definition) is 0. The molecular weight excluding hydrogens is 150 g/mol. The fourth-order valence-corrected chi connectivity index (χ4v) is 0.870. The summed E-state index contributed by atoms with van der Waals surface area (Å²) in [5.74, 6) is -0.281. The van der Waals surface area contributed by atoms with Crippen LogP contribution in [0.25, 0.3) is 0 Å². The number of halogens is 2. The highest BCUT2D eigenvalue weighted by atomic mass is 19.3. The van der Waals surface area contributed by atoms with Crippen molar-refractivity contribution in [3.05, 3.63) is 29.6 Å². The molecule has 0 heterocycles. The first kappa shape index (κ1) is 7.98. The molecule has 0 unspecified atom stereocenters. The molecule has 0 aliphatic heterocycles. The number of aryl methyl sites for hydroxylation is 1. The zero-order valence-electron chi connectivity index (χ0n) is 6.10. The van der Waals surface area contributed by atoms with Crippen molar-refractivity contribution in [2.24, 2.45) is 0 Å². The molecule has 0 atom stereocenters. The highest BCUT2D eigenvalue weighted by Crippen LogP contribution is 2.17. The van der Waals surface area contributed by atoms with E-state index in [4.69, 9.17) is 0 Å². The summed E-state index contributed by atoms with van der Waals surface area (Å²) in [6.07, 6.45) is 0.531. The van der Waals surface area contributed by atoms with Crippen LogP contribution < -0.4 is 4.94 Å². The van der Waals surface area contributed by atoms with Crippen molar-refractivity contribution < 1.29 is 13.9 Å². The first-order valence-electron chi connectivity index (χ1n) is 3.35. The Morgan fingerprint density at radius 1 is 1.45 bits per heavy atom. The smallest absolute Gasteiger partial charge is 0.172 e. The molecule has 1 rings (SSSR count). The third kappa shape index (κ3) is 1.67. The zero-order valence-corrected chi connectivity index (χ0v) is 6.10. The van der Waals surface area contributed by atoms with Gasteiger partial charge in [-0.25, -0.2) is 4.39 Å². The lowest BCUT2D eigenvalue weighted by Gasteiger charge is -1.99. The van der Waals surface area contributed by atoms with Gasteiger partial charge in [0.1, 0.15) is 5.82 Å². The lowest BCUT2D eigenvalue weighted by Crippen LogP contribution is -1.87. The van der Waals surface area contributed by atoms with Crippen LogP contribution in [-0.4, -0.2) is 0 Å². The molecule has 0 bridgehead atoms. The van der Waals surface area contributed by atoms with Gasteiger partial charge in [0.2, 0.25) is 0 Å². The van der Waals surface area contributed by atoms with Crippen LogP contribution in [0.15, 0.2) is 18.2 Å². The molecule has 0 fully saturated rings. The van der Waals surface area contributed by atoms with Crippen molar-refractivity contribution in [2.45, 2.75) is 13.3 Å². The Morgan fingerprint density at radius 3 is 2.73 bits per heavy atom. The van der Waals surface area contributed by atoms with E-state index in [2.05, 4.69) is 4.94 Å². The van der Waals surface area contributed by atoms with Crippen molar-refractivity contribution in [3.63, 3.8) is 0 Å². The molecule has 11 heavy (non-hydrogen) atoms. The molecule has 0 amide bonds. The maximum absolute atomic E-state index is 12.7. The minimum atomic E-state index is -0.326. The fourth-order valence-electron chi connectivity index (χ4n) is 0.870. The third-order valence-corrected chi connectivity index (χ3v) is 1.49. The van der Waals surface area contributed by atoms with E-state index in [0.29, 0.717) is 12.0 Å². The van der Waals surface area contributed by atoms with Crippen LogP contribution >= 0.6 is 0 Å². The fraction of sp³-hybridized carbons (Fsp3) is 0.250. The Balaban J connectivity index is 3.02. The van der Waals surface area contributed by atoms with Crippen LogP contribution in [0, 0.1) is 5.82 Å². The van der Waals surface area contributed by atoms with Crippen LogP contribution in [0.1, 0.15) is 12.5 Å². The summed E-state index contributed by atoms with van der Waals surface area (Å²) in [7, 11) is 0. The second kappa shape index (κ2) is 3.32. The second-order valence-corrected chi connectivity index (χ2v) is 2.18. The summed E-state index contributed by atoms with van der Waals surface area (Å²) >= 11 is 0. The molecule has 0 saturated carbocycles. The van der Waals surface area contributed by atoms with E-state index in [-0.39, 0.29) is 11.6 Å². The quantitative estimate of drug-likeness (QED) is 0.642. The average molecular weight is 158 g/mol. The van der Waals surface area contributed by atoms with Gasteiger partial charge in [-0.1, -0.05) is 6.92 Å². The monoisotopic (exact) mass is 158 g/mol. The van der Waals surface area contributed by atoms with Gasteiger partial charge in [0.15, 0.2) is 5.75 Å². The topological polar surface area (TPSA) is 9.23 Å². The molecule has 0 aromatic heterocycles. The van der Waals surface area contributed by atoms with Gasteiger partial charge in [0.25, 0.3) is 0 Å². The van der Waals surface area contributed by atoms with Gasteiger partial charge in [-0.2, -0.15) is 0 Å². The molecular formula is C8H8F2O. The van der Waals surface area contributed by atoms with Crippen LogP contribution in [0.2, 0.25) is 0 Å². The SMILES string of the molecule is CCc1cc(OF)ccc1F. The van der Waals surface area contributed by atoms with Crippen LogP contribution in [0.4, 0.5) is 8.92 Å². The highest BCUT2D eigenvalue weighted by Gasteiger charge is 2.01. The van der Waals surface area contributed by atoms with E-state index < -0.39 is 0 Å². The molecule has 0 spiro atoms. The first-order chi connectivity index (χ1) is 5.27. The Hall–Kier alpha value is -1.12. The minimum absolute atomic E-state index is 0.0447. The van der Waals surface area contributed by atoms with Gasteiger partial charge in [-0.05, 0) is 30.2 Å². The molecule has 0 saturated heterocycles. The predicted molar refractivity (Wildman–Crippen MR) is 37.5 cm³/mol. The minimum Gasteiger partial charge on any atom is -0.294 e. The van der Waals surface area contributed by atoms with E-state index in [1.165, 1.54) is 18.2 Å². The summed E-state index contributed by atoms with van der Waals surface area (Å²) in [5.41, 5.74) is 0.458. The maximum atomic E-state index is 12.7. The summed E-state index contributed by atoms with van der Waals surface area (Å²) < 4.78 is 24.3. The Bertz CT molecular complexity index is 248. The highest BCUT2D eigenvalue weighted by molar-refractivity contribution is 5.29. The van der Waals surface area contributed by atoms with E-state index in [1.54, 1.807) is 6.92 Å². The lowest BCUT2D eigenvalue weighted by molar-refractivity contribution is -0.00637. The van der Waals surface area contributed by atoms with Gasteiger partial charge in [-0.15, -0.1) is 0 Å². The largest absolute Gasteiger partial charge is 0.294 e. The Labute approximate surface area is 63.5 Å². The van der Waals surface area contributed by atoms with Crippen LogP contribution in [0.5, 0.6) is 5.75 Å².